The molecule has 112 valence electrons. The molecule has 6 nitrogen and oxygen atoms in total. The number of anilines is 1. The van der Waals surface area contributed by atoms with Gasteiger partial charge in [-0.1, -0.05) is 0 Å². The Kier molecular flexibility index (Phi) is 4.98. The second-order valence-electron chi connectivity index (χ2n) is 4.82. The minimum absolute atomic E-state index is 0.297. The summed E-state index contributed by atoms with van der Waals surface area (Å²) in [7, 11) is -1.94. The lowest BCUT2D eigenvalue weighted by molar-refractivity contribution is 0.265. The summed E-state index contributed by atoms with van der Waals surface area (Å²) in [6.45, 7) is 5.50. The Bertz CT molecular complexity index is 522. The van der Waals surface area contributed by atoms with E-state index < -0.39 is 10.0 Å². The molecule has 1 aromatic rings. The van der Waals surface area contributed by atoms with Crippen LogP contribution in [0.4, 0.5) is 5.69 Å². The van der Waals surface area contributed by atoms with Crippen LogP contribution in [-0.4, -0.2) is 59.6 Å². The Hall–Kier alpha value is -1.15. The van der Waals surface area contributed by atoms with Gasteiger partial charge in [0.05, 0.1) is 4.90 Å². The van der Waals surface area contributed by atoms with Gasteiger partial charge in [-0.3, -0.25) is 4.90 Å². The van der Waals surface area contributed by atoms with Crippen LogP contribution in [-0.2, 0) is 10.0 Å². The van der Waals surface area contributed by atoms with E-state index in [-0.39, 0.29) is 0 Å². The minimum Gasteiger partial charge on any atom is -0.369 e. The second-order valence-corrected chi connectivity index (χ2v) is 6.71. The van der Waals surface area contributed by atoms with Crippen LogP contribution in [0.5, 0.6) is 0 Å². The highest BCUT2D eigenvalue weighted by Gasteiger charge is 2.17. The van der Waals surface area contributed by atoms with E-state index in [0.717, 1.165) is 38.4 Å². The maximum Gasteiger partial charge on any atom is 0.240 e. The predicted molar refractivity (Wildman–Crippen MR) is 80.4 cm³/mol. The third kappa shape index (κ3) is 3.49. The molecular weight excluding hydrogens is 276 g/mol. The van der Waals surface area contributed by atoms with Crippen LogP contribution in [0.25, 0.3) is 0 Å². The molecule has 7 heteroatoms. The van der Waals surface area contributed by atoms with Crippen molar-refractivity contribution in [3.63, 3.8) is 0 Å². The summed E-state index contributed by atoms with van der Waals surface area (Å²) < 4.78 is 25.6. The molecule has 1 aromatic carbocycles. The third-order valence-electron chi connectivity index (χ3n) is 3.60. The summed E-state index contributed by atoms with van der Waals surface area (Å²) in [6, 6.07) is 7.02. The van der Waals surface area contributed by atoms with Crippen LogP contribution >= 0.6 is 0 Å². The molecule has 2 rings (SSSR count). The van der Waals surface area contributed by atoms with Gasteiger partial charge in [0.1, 0.15) is 0 Å². The van der Waals surface area contributed by atoms with Crippen LogP contribution in [0.2, 0.25) is 0 Å². The highest BCUT2D eigenvalue weighted by atomic mass is 32.2. The van der Waals surface area contributed by atoms with Crippen molar-refractivity contribution in [3.8, 4) is 0 Å². The zero-order valence-electron chi connectivity index (χ0n) is 11.7. The average Bonchev–Trinajstić information content (AvgIpc) is 2.48. The van der Waals surface area contributed by atoms with Gasteiger partial charge in [-0.15, -0.1) is 0 Å². The summed E-state index contributed by atoms with van der Waals surface area (Å²) in [5.41, 5.74) is 6.62. The third-order valence-corrected chi connectivity index (χ3v) is 5.03. The van der Waals surface area contributed by atoms with Gasteiger partial charge >= 0.3 is 0 Å². The number of nitrogens with one attached hydrogen (secondary N) is 1. The highest BCUT2D eigenvalue weighted by molar-refractivity contribution is 7.89. The van der Waals surface area contributed by atoms with Gasteiger partial charge in [0, 0.05) is 45.0 Å². The number of nitrogens with two attached hydrogens (primary N) is 1. The maximum absolute atomic E-state index is 11.7. The molecule has 0 spiro atoms. The summed E-state index contributed by atoms with van der Waals surface area (Å²) in [5, 5.41) is 0. The SMILES string of the molecule is CNS(=O)(=O)c1ccc(N2CCN(CCN)CC2)cc1. The fraction of sp³-hybridized carbons (Fsp3) is 0.538. The van der Waals surface area contributed by atoms with Gasteiger partial charge in [-0.25, -0.2) is 13.1 Å². The highest BCUT2D eigenvalue weighted by Crippen LogP contribution is 2.19. The van der Waals surface area contributed by atoms with Gasteiger partial charge in [0.15, 0.2) is 0 Å². The first-order chi connectivity index (χ1) is 9.56. The van der Waals surface area contributed by atoms with Gasteiger partial charge in [-0.05, 0) is 31.3 Å². The van der Waals surface area contributed by atoms with Gasteiger partial charge in [0.2, 0.25) is 10.0 Å². The Morgan fingerprint density at radius 3 is 2.25 bits per heavy atom. The quantitative estimate of drug-likeness (QED) is 0.778. The fourth-order valence-corrected chi connectivity index (χ4v) is 3.10. The number of benzene rings is 1. The largest absolute Gasteiger partial charge is 0.369 e. The molecule has 1 fully saturated rings. The molecule has 0 radical (unpaired) electrons. The van der Waals surface area contributed by atoms with Crippen molar-refractivity contribution in [1.29, 1.82) is 0 Å². The monoisotopic (exact) mass is 298 g/mol. The molecule has 0 unspecified atom stereocenters. The smallest absolute Gasteiger partial charge is 0.240 e. The van der Waals surface area contributed by atoms with Crippen molar-refractivity contribution in [2.75, 3.05) is 51.2 Å². The molecule has 0 saturated carbocycles. The lowest BCUT2D eigenvalue weighted by Crippen LogP contribution is -2.47. The molecule has 1 saturated heterocycles. The predicted octanol–water partition coefficient (Wildman–Crippen LogP) is -0.325. The van der Waals surface area contributed by atoms with Crippen LogP contribution < -0.4 is 15.4 Å². The summed E-state index contributed by atoms with van der Waals surface area (Å²) in [6.07, 6.45) is 0. The fourth-order valence-electron chi connectivity index (χ4n) is 2.37. The van der Waals surface area contributed by atoms with E-state index >= 15 is 0 Å². The molecule has 0 amide bonds. The van der Waals surface area contributed by atoms with Gasteiger partial charge in [0.25, 0.3) is 0 Å². The van der Waals surface area contributed by atoms with Crippen molar-refractivity contribution in [3.05, 3.63) is 24.3 Å². The first kappa shape index (κ1) is 15.2. The summed E-state index contributed by atoms with van der Waals surface area (Å²) >= 11 is 0. The molecule has 1 aliphatic heterocycles. The lowest BCUT2D eigenvalue weighted by atomic mass is 10.2. The molecule has 0 bridgehead atoms. The van der Waals surface area contributed by atoms with Crippen LogP contribution in [0.15, 0.2) is 29.2 Å². The molecule has 3 N–H and O–H groups in total. The molecule has 0 atom stereocenters. The average molecular weight is 298 g/mol. The van der Waals surface area contributed by atoms with E-state index in [1.54, 1.807) is 12.1 Å². The Balaban J connectivity index is 2.01. The number of nitrogens with zero attached hydrogens (tertiary/aromatic N) is 2. The normalized spacial score (nSPS) is 17.4. The molecule has 1 heterocycles. The number of piperazine rings is 1. The summed E-state index contributed by atoms with van der Waals surface area (Å²) in [5.74, 6) is 0. The minimum atomic E-state index is -3.35. The van der Waals surface area contributed by atoms with Crippen molar-refractivity contribution >= 4 is 15.7 Å². The van der Waals surface area contributed by atoms with Crippen LogP contribution in [0.1, 0.15) is 0 Å². The zero-order valence-corrected chi connectivity index (χ0v) is 12.6. The van der Waals surface area contributed by atoms with Crippen LogP contribution in [0.3, 0.4) is 0 Å². The topological polar surface area (TPSA) is 78.7 Å². The summed E-state index contributed by atoms with van der Waals surface area (Å²) in [4.78, 5) is 4.91. The second kappa shape index (κ2) is 6.53. The molecule has 1 aliphatic rings. The zero-order chi connectivity index (χ0) is 14.6. The number of hydrogen-bond donors (Lipinski definition) is 2. The van der Waals surface area contributed by atoms with E-state index in [1.165, 1.54) is 7.05 Å². The molecule has 0 aliphatic carbocycles. The van der Waals surface area contributed by atoms with Crippen molar-refractivity contribution in [1.82, 2.24) is 9.62 Å². The lowest BCUT2D eigenvalue weighted by Gasteiger charge is -2.35. The van der Waals surface area contributed by atoms with E-state index in [0.29, 0.717) is 11.4 Å². The molecule has 20 heavy (non-hydrogen) atoms. The first-order valence-electron chi connectivity index (χ1n) is 6.78. The van der Waals surface area contributed by atoms with Gasteiger partial charge < -0.3 is 10.6 Å². The van der Waals surface area contributed by atoms with Crippen molar-refractivity contribution in [2.24, 2.45) is 5.73 Å². The van der Waals surface area contributed by atoms with Crippen molar-refractivity contribution in [2.45, 2.75) is 4.90 Å². The Morgan fingerprint density at radius 1 is 1.15 bits per heavy atom. The molecular formula is C13H22N4O2S. The number of sulfonamides is 1. The van der Waals surface area contributed by atoms with E-state index in [2.05, 4.69) is 14.5 Å². The number of hydrogen-bond acceptors (Lipinski definition) is 5. The van der Waals surface area contributed by atoms with E-state index in [1.807, 2.05) is 12.1 Å². The van der Waals surface area contributed by atoms with Gasteiger partial charge in [-0.2, -0.15) is 0 Å². The Labute approximate surface area is 120 Å². The molecule has 0 aromatic heterocycles. The first-order valence-corrected chi connectivity index (χ1v) is 8.26. The van der Waals surface area contributed by atoms with Crippen LogP contribution in [0, 0.1) is 0 Å². The van der Waals surface area contributed by atoms with Crippen molar-refractivity contribution < 1.29 is 8.42 Å². The van der Waals surface area contributed by atoms with E-state index in [9.17, 15) is 8.42 Å². The standard InChI is InChI=1S/C13H22N4O2S/c1-15-20(18,19)13-4-2-12(3-5-13)17-10-8-16(7-6-14)9-11-17/h2-5,15H,6-11,14H2,1H3. The Morgan fingerprint density at radius 2 is 1.75 bits per heavy atom. The maximum atomic E-state index is 11.7. The van der Waals surface area contributed by atoms with E-state index in [4.69, 9.17) is 5.73 Å². The number of rotatable bonds is 5.